The van der Waals surface area contributed by atoms with Gasteiger partial charge in [0.2, 0.25) is 0 Å². The Hall–Kier alpha value is -2.51. The molecule has 0 heterocycles. The second-order valence-corrected chi connectivity index (χ2v) is 6.27. The van der Waals surface area contributed by atoms with E-state index in [0.717, 1.165) is 30.3 Å². The normalized spacial score (nSPS) is 10.6. The molecule has 27 heavy (non-hydrogen) atoms. The number of hydrogen-bond donors (Lipinski definition) is 3. The van der Waals surface area contributed by atoms with Crippen LogP contribution in [0, 0.1) is 10.1 Å². The maximum Gasteiger partial charge on any atom is 1.00 e. The predicted octanol–water partition coefficient (Wildman–Crippen LogP) is -1.36. The van der Waals surface area contributed by atoms with Crippen LogP contribution in [0.4, 0.5) is 17.1 Å². The van der Waals surface area contributed by atoms with Gasteiger partial charge in [-0.05, 0) is 24.3 Å². The molecule has 11 nitrogen and oxygen atoms in total. The smallest absolute Gasteiger partial charge is 0.744 e. The van der Waals surface area contributed by atoms with Crippen molar-refractivity contribution in [3.63, 3.8) is 0 Å². The van der Waals surface area contributed by atoms with Crippen molar-refractivity contribution in [1.29, 1.82) is 0 Å². The number of nitrogens with zero attached hydrogens (tertiary/aromatic N) is 1. The number of benzene rings is 2. The quantitative estimate of drug-likeness (QED) is 0.225. The summed E-state index contributed by atoms with van der Waals surface area (Å²) < 4.78 is 34.1. The summed E-state index contributed by atoms with van der Waals surface area (Å²) in [7, 11) is -5.11. The van der Waals surface area contributed by atoms with Crippen molar-refractivity contribution in [2.24, 2.45) is 0 Å². The first-order valence-electron chi connectivity index (χ1n) is 6.62. The molecule has 2 aromatic rings. The van der Waals surface area contributed by atoms with E-state index < -0.39 is 48.7 Å². The molecule has 0 amide bonds. The largest absolute Gasteiger partial charge is 1.00 e. The minimum absolute atomic E-state index is 0. The molecule has 0 atom stereocenters. The molecule has 0 aromatic heterocycles. The van der Waals surface area contributed by atoms with Gasteiger partial charge in [-0.1, -0.05) is 0 Å². The predicted molar refractivity (Wildman–Crippen MR) is 84.7 cm³/mol. The number of non-ortho nitro benzene ring substituents is 1. The van der Waals surface area contributed by atoms with Crippen LogP contribution < -0.4 is 34.9 Å². The minimum Gasteiger partial charge on any atom is -0.744 e. The Morgan fingerprint density at radius 3 is 1.93 bits per heavy atom. The molecule has 13 heteroatoms. The molecule has 0 saturated heterocycles. The average Bonchev–Trinajstić information content (AvgIpc) is 2.53. The van der Waals surface area contributed by atoms with Crippen molar-refractivity contribution < 1.29 is 67.3 Å². The van der Waals surface area contributed by atoms with Gasteiger partial charge in [0.25, 0.3) is 5.69 Å². The standard InChI is InChI=1S/C14H10N2O9S.Na/c17-13(18)7-3-8(14(19)20)5-9(4-7)15-11-2-1-10(16(21)22)6-12(11)26(23,24)25;/h1-6,15H,(H,17,18)(H,19,20)(H,23,24,25);/q;+1/p-1. The minimum atomic E-state index is -5.11. The van der Waals surface area contributed by atoms with Crippen LogP contribution >= 0.6 is 0 Å². The van der Waals surface area contributed by atoms with Gasteiger partial charge in [-0.2, -0.15) is 0 Å². The van der Waals surface area contributed by atoms with Gasteiger partial charge in [0, 0.05) is 17.8 Å². The Bertz CT molecular complexity index is 1000. The molecule has 0 saturated carbocycles. The number of carbonyl (C=O) groups is 2. The summed E-state index contributed by atoms with van der Waals surface area (Å²) in [5.74, 6) is -2.87. The summed E-state index contributed by atoms with van der Waals surface area (Å²) in [6.07, 6.45) is 0. The Kier molecular flexibility index (Phi) is 7.05. The molecule has 3 N–H and O–H groups in total. The van der Waals surface area contributed by atoms with Crippen LogP contribution in [-0.2, 0) is 10.1 Å². The van der Waals surface area contributed by atoms with E-state index in [-0.39, 0.29) is 40.9 Å². The first-order valence-corrected chi connectivity index (χ1v) is 8.03. The Morgan fingerprint density at radius 1 is 1.00 bits per heavy atom. The number of carboxylic acids is 2. The van der Waals surface area contributed by atoms with Gasteiger partial charge >= 0.3 is 41.5 Å². The summed E-state index contributed by atoms with van der Waals surface area (Å²) in [5, 5.41) is 31.2. The van der Waals surface area contributed by atoms with Gasteiger partial charge in [-0.3, -0.25) is 10.1 Å². The number of rotatable bonds is 6. The molecule has 0 radical (unpaired) electrons. The fourth-order valence-electron chi connectivity index (χ4n) is 2.04. The molecule has 136 valence electrons. The van der Waals surface area contributed by atoms with Crippen LogP contribution in [0.15, 0.2) is 41.3 Å². The Labute approximate surface area is 173 Å². The van der Waals surface area contributed by atoms with E-state index in [1.165, 1.54) is 0 Å². The number of carboxylic acid groups (broad SMARTS) is 2. The topological polar surface area (TPSA) is 187 Å². The van der Waals surface area contributed by atoms with Gasteiger partial charge in [-0.25, -0.2) is 18.0 Å². The van der Waals surface area contributed by atoms with E-state index in [2.05, 4.69) is 5.32 Å². The number of hydrogen-bond acceptors (Lipinski definition) is 8. The van der Waals surface area contributed by atoms with E-state index in [4.69, 9.17) is 10.2 Å². The third kappa shape index (κ3) is 5.48. The van der Waals surface area contributed by atoms with Gasteiger partial charge in [0.05, 0.1) is 26.6 Å². The molecule has 0 bridgehead atoms. The molecular weight excluding hydrogens is 395 g/mol. The van der Waals surface area contributed by atoms with Crippen molar-refractivity contribution in [3.05, 3.63) is 57.6 Å². The van der Waals surface area contributed by atoms with Crippen molar-refractivity contribution in [2.45, 2.75) is 4.90 Å². The van der Waals surface area contributed by atoms with Crippen LogP contribution in [0.5, 0.6) is 0 Å². The summed E-state index contributed by atoms with van der Waals surface area (Å²) in [6.45, 7) is 0. The zero-order chi connectivity index (χ0) is 19.6. The zero-order valence-corrected chi connectivity index (χ0v) is 16.4. The first kappa shape index (κ1) is 22.5. The molecule has 0 aliphatic carbocycles. The molecule has 2 aromatic carbocycles. The molecule has 0 unspecified atom stereocenters. The third-order valence-electron chi connectivity index (χ3n) is 3.15. The molecular formula is C14H9N2NaO9S. The van der Waals surface area contributed by atoms with Crippen molar-refractivity contribution in [1.82, 2.24) is 0 Å². The summed E-state index contributed by atoms with van der Waals surface area (Å²) in [4.78, 5) is 31.1. The maximum absolute atomic E-state index is 11.4. The monoisotopic (exact) mass is 404 g/mol. The Balaban J connectivity index is 0.00000364. The van der Waals surface area contributed by atoms with E-state index >= 15 is 0 Å². The van der Waals surface area contributed by atoms with Crippen LogP contribution in [-0.4, -0.2) is 40.0 Å². The van der Waals surface area contributed by atoms with Gasteiger partial charge in [0.15, 0.2) is 0 Å². The van der Waals surface area contributed by atoms with Crippen molar-refractivity contribution >= 4 is 39.1 Å². The third-order valence-corrected chi connectivity index (χ3v) is 4.03. The van der Waals surface area contributed by atoms with E-state index in [9.17, 15) is 32.7 Å². The number of anilines is 2. The van der Waals surface area contributed by atoms with E-state index in [1.807, 2.05) is 0 Å². The van der Waals surface area contributed by atoms with Crippen molar-refractivity contribution in [2.75, 3.05) is 5.32 Å². The fourth-order valence-corrected chi connectivity index (χ4v) is 2.69. The van der Waals surface area contributed by atoms with E-state index in [1.54, 1.807) is 0 Å². The van der Waals surface area contributed by atoms with Crippen LogP contribution in [0.1, 0.15) is 20.7 Å². The fraction of sp³-hybridized carbons (Fsp3) is 0. The Morgan fingerprint density at radius 2 is 1.52 bits per heavy atom. The summed E-state index contributed by atoms with van der Waals surface area (Å²) >= 11 is 0. The molecule has 0 aliphatic heterocycles. The summed E-state index contributed by atoms with van der Waals surface area (Å²) in [5.41, 5.74) is -1.96. The number of aromatic carboxylic acids is 2. The van der Waals surface area contributed by atoms with Crippen LogP contribution in [0.2, 0.25) is 0 Å². The van der Waals surface area contributed by atoms with Gasteiger partial charge < -0.3 is 20.1 Å². The van der Waals surface area contributed by atoms with Crippen molar-refractivity contribution in [3.8, 4) is 0 Å². The average molecular weight is 404 g/mol. The molecule has 0 aliphatic rings. The first-order chi connectivity index (χ1) is 12.0. The number of nitro groups is 1. The zero-order valence-electron chi connectivity index (χ0n) is 13.6. The second kappa shape index (κ2) is 8.45. The SMILES string of the molecule is O=C(O)c1cc(Nc2ccc([N+](=O)[O-])cc2S(=O)(=O)[O-])cc(C(=O)O)c1.[Na+]. The summed E-state index contributed by atoms with van der Waals surface area (Å²) in [6, 6.07) is 5.32. The molecule has 0 fully saturated rings. The molecule has 0 spiro atoms. The van der Waals surface area contributed by atoms with Crippen LogP contribution in [0.3, 0.4) is 0 Å². The maximum atomic E-state index is 11.4. The van der Waals surface area contributed by atoms with Gasteiger partial charge in [0.1, 0.15) is 10.1 Å². The van der Waals surface area contributed by atoms with Crippen LogP contribution in [0.25, 0.3) is 0 Å². The number of nitro benzene ring substituents is 1. The second-order valence-electron chi connectivity index (χ2n) is 4.93. The van der Waals surface area contributed by atoms with Gasteiger partial charge in [-0.15, -0.1) is 0 Å². The number of nitrogens with one attached hydrogen (secondary N) is 1. The van der Waals surface area contributed by atoms with E-state index in [0.29, 0.717) is 6.07 Å². The molecule has 2 rings (SSSR count).